The lowest BCUT2D eigenvalue weighted by Gasteiger charge is -2.02. The summed E-state index contributed by atoms with van der Waals surface area (Å²) >= 11 is 0. The van der Waals surface area contributed by atoms with E-state index < -0.39 is 15.9 Å². The molecule has 4 heteroatoms. The van der Waals surface area contributed by atoms with Crippen LogP contribution in [-0.4, -0.2) is 19.6 Å². The van der Waals surface area contributed by atoms with Gasteiger partial charge in [0.1, 0.15) is 0 Å². The predicted octanol–water partition coefficient (Wildman–Crippen LogP) is 2.14. The van der Waals surface area contributed by atoms with E-state index in [4.69, 9.17) is 0 Å². The van der Waals surface area contributed by atoms with E-state index in [0.29, 0.717) is 12.8 Å². The van der Waals surface area contributed by atoms with Crippen molar-refractivity contribution in [3.63, 3.8) is 0 Å². The molecule has 0 radical (unpaired) electrons. The maximum atomic E-state index is 11.8. The second kappa shape index (κ2) is 7.00. The van der Waals surface area contributed by atoms with Crippen molar-refractivity contribution >= 4 is 9.84 Å². The maximum absolute atomic E-state index is 11.8. The van der Waals surface area contributed by atoms with Gasteiger partial charge in [0.05, 0.1) is 11.0 Å². The highest BCUT2D eigenvalue weighted by Gasteiger charge is 2.09. The van der Waals surface area contributed by atoms with E-state index in [0.717, 1.165) is 5.41 Å². The van der Waals surface area contributed by atoms with Gasteiger partial charge in [-0.3, -0.25) is 0 Å². The largest absolute Gasteiger partial charge is 0.389 e. The molecular formula is C14H16O3S. The topological polar surface area (TPSA) is 54.4 Å². The van der Waals surface area contributed by atoms with Crippen molar-refractivity contribution < 1.29 is 13.5 Å². The predicted molar refractivity (Wildman–Crippen MR) is 71.5 cm³/mol. The van der Waals surface area contributed by atoms with E-state index in [1.807, 2.05) is 0 Å². The SMILES string of the molecule is CC#CCCC(O)/C=C/S(=O)(=O)c1ccccc1. The molecule has 1 unspecified atom stereocenters. The summed E-state index contributed by atoms with van der Waals surface area (Å²) in [5.74, 6) is 5.53. The Hall–Kier alpha value is -1.57. The van der Waals surface area contributed by atoms with E-state index >= 15 is 0 Å². The Morgan fingerprint density at radius 3 is 2.61 bits per heavy atom. The second-order valence-corrected chi connectivity index (χ2v) is 5.55. The van der Waals surface area contributed by atoms with Crippen molar-refractivity contribution in [1.29, 1.82) is 0 Å². The van der Waals surface area contributed by atoms with Crippen LogP contribution in [0.1, 0.15) is 19.8 Å². The molecule has 0 aliphatic rings. The van der Waals surface area contributed by atoms with Gasteiger partial charge in [-0.2, -0.15) is 0 Å². The first-order valence-corrected chi connectivity index (χ1v) is 7.17. The van der Waals surface area contributed by atoms with Crippen LogP contribution in [0.4, 0.5) is 0 Å². The molecule has 1 aromatic rings. The number of hydrogen-bond donors (Lipinski definition) is 1. The van der Waals surface area contributed by atoms with Crippen LogP contribution in [0.15, 0.2) is 46.7 Å². The normalized spacial score (nSPS) is 13.0. The number of aliphatic hydroxyl groups excluding tert-OH is 1. The van der Waals surface area contributed by atoms with Crippen LogP contribution in [-0.2, 0) is 9.84 Å². The molecule has 0 fully saturated rings. The summed E-state index contributed by atoms with van der Waals surface area (Å²) in [6, 6.07) is 8.12. The third-order valence-electron chi connectivity index (χ3n) is 2.29. The molecule has 0 aromatic heterocycles. The molecule has 96 valence electrons. The van der Waals surface area contributed by atoms with Gasteiger partial charge in [-0.05, 0) is 31.6 Å². The summed E-state index contributed by atoms with van der Waals surface area (Å²) in [6.45, 7) is 1.72. The summed E-state index contributed by atoms with van der Waals surface area (Å²) in [4.78, 5) is 0.224. The van der Waals surface area contributed by atoms with E-state index in [1.165, 1.54) is 18.2 Å². The Morgan fingerprint density at radius 1 is 1.33 bits per heavy atom. The highest BCUT2D eigenvalue weighted by Crippen LogP contribution is 2.12. The fraction of sp³-hybridized carbons (Fsp3) is 0.286. The fourth-order valence-electron chi connectivity index (χ4n) is 1.32. The Bertz CT molecular complexity index is 548. The van der Waals surface area contributed by atoms with Crippen molar-refractivity contribution in [2.24, 2.45) is 0 Å². The molecule has 18 heavy (non-hydrogen) atoms. The Balaban J connectivity index is 2.68. The first-order chi connectivity index (χ1) is 8.56. The summed E-state index contributed by atoms with van der Waals surface area (Å²) in [5.41, 5.74) is 0. The van der Waals surface area contributed by atoms with Crippen LogP contribution in [0.5, 0.6) is 0 Å². The molecule has 1 N–H and O–H groups in total. The van der Waals surface area contributed by atoms with Crippen molar-refractivity contribution in [1.82, 2.24) is 0 Å². The Kier molecular flexibility index (Phi) is 5.63. The van der Waals surface area contributed by atoms with Gasteiger partial charge in [0.25, 0.3) is 0 Å². The Labute approximate surface area is 108 Å². The van der Waals surface area contributed by atoms with Crippen LogP contribution in [0.25, 0.3) is 0 Å². The highest BCUT2D eigenvalue weighted by molar-refractivity contribution is 7.94. The van der Waals surface area contributed by atoms with Crippen molar-refractivity contribution in [3.05, 3.63) is 41.8 Å². The van der Waals surface area contributed by atoms with E-state index in [-0.39, 0.29) is 4.90 Å². The van der Waals surface area contributed by atoms with Gasteiger partial charge in [-0.25, -0.2) is 8.42 Å². The molecule has 0 aliphatic carbocycles. The number of sulfone groups is 1. The molecule has 0 aliphatic heterocycles. The molecule has 0 saturated heterocycles. The molecule has 0 spiro atoms. The first kappa shape index (κ1) is 14.5. The molecule has 3 nitrogen and oxygen atoms in total. The third-order valence-corrected chi connectivity index (χ3v) is 3.74. The maximum Gasteiger partial charge on any atom is 0.199 e. The minimum atomic E-state index is -3.46. The van der Waals surface area contributed by atoms with Gasteiger partial charge in [0.15, 0.2) is 9.84 Å². The Morgan fingerprint density at radius 2 is 2.00 bits per heavy atom. The standard InChI is InChI=1S/C14H16O3S/c1-2-3-5-8-13(15)11-12-18(16,17)14-9-6-4-7-10-14/h4,6-7,9-13,15H,5,8H2,1H3/b12-11+. The van der Waals surface area contributed by atoms with Gasteiger partial charge >= 0.3 is 0 Å². The van der Waals surface area contributed by atoms with Gasteiger partial charge in [-0.1, -0.05) is 18.2 Å². The molecule has 0 bridgehead atoms. The number of aliphatic hydroxyl groups is 1. The van der Waals surface area contributed by atoms with Gasteiger partial charge in [0, 0.05) is 11.8 Å². The molecule has 0 saturated carbocycles. The fourth-order valence-corrected chi connectivity index (χ4v) is 2.41. The van der Waals surface area contributed by atoms with Crippen LogP contribution < -0.4 is 0 Å². The van der Waals surface area contributed by atoms with E-state index in [1.54, 1.807) is 25.1 Å². The van der Waals surface area contributed by atoms with Gasteiger partial charge in [0.2, 0.25) is 0 Å². The van der Waals surface area contributed by atoms with Crippen LogP contribution >= 0.6 is 0 Å². The van der Waals surface area contributed by atoms with Crippen molar-refractivity contribution in [2.45, 2.75) is 30.8 Å². The third kappa shape index (κ3) is 4.74. The number of benzene rings is 1. The second-order valence-electron chi connectivity index (χ2n) is 3.72. The lowest BCUT2D eigenvalue weighted by Crippen LogP contribution is -2.03. The molecule has 0 heterocycles. The zero-order chi connectivity index (χ0) is 13.4. The van der Waals surface area contributed by atoms with Gasteiger partial charge in [-0.15, -0.1) is 11.8 Å². The molecule has 0 amide bonds. The van der Waals surface area contributed by atoms with Crippen molar-refractivity contribution in [2.75, 3.05) is 0 Å². The van der Waals surface area contributed by atoms with Crippen molar-refractivity contribution in [3.8, 4) is 11.8 Å². The molecule has 1 aromatic carbocycles. The minimum absolute atomic E-state index is 0.224. The smallest absolute Gasteiger partial charge is 0.199 e. The number of rotatable bonds is 5. The van der Waals surface area contributed by atoms with E-state index in [2.05, 4.69) is 11.8 Å². The zero-order valence-electron chi connectivity index (χ0n) is 10.2. The summed E-state index contributed by atoms with van der Waals surface area (Å²) < 4.78 is 23.7. The zero-order valence-corrected chi connectivity index (χ0v) is 11.0. The van der Waals surface area contributed by atoms with Crippen LogP contribution in [0.3, 0.4) is 0 Å². The average molecular weight is 264 g/mol. The number of hydrogen-bond acceptors (Lipinski definition) is 3. The minimum Gasteiger partial charge on any atom is -0.389 e. The lowest BCUT2D eigenvalue weighted by atomic mass is 10.2. The molecule has 1 atom stereocenters. The quantitative estimate of drug-likeness (QED) is 0.829. The summed E-state index contributed by atoms with van der Waals surface area (Å²) in [7, 11) is -3.46. The lowest BCUT2D eigenvalue weighted by molar-refractivity contribution is 0.215. The summed E-state index contributed by atoms with van der Waals surface area (Å²) in [6.07, 6.45) is 1.48. The molecular weight excluding hydrogens is 248 g/mol. The monoisotopic (exact) mass is 264 g/mol. The van der Waals surface area contributed by atoms with Crippen LogP contribution in [0, 0.1) is 11.8 Å². The average Bonchev–Trinajstić information content (AvgIpc) is 2.38. The first-order valence-electron chi connectivity index (χ1n) is 5.62. The van der Waals surface area contributed by atoms with Gasteiger partial charge < -0.3 is 5.11 Å². The molecule has 1 rings (SSSR count). The summed E-state index contributed by atoms with van der Waals surface area (Å²) in [5, 5.41) is 10.6. The highest BCUT2D eigenvalue weighted by atomic mass is 32.2. The van der Waals surface area contributed by atoms with Crippen LogP contribution in [0.2, 0.25) is 0 Å². The van der Waals surface area contributed by atoms with E-state index in [9.17, 15) is 13.5 Å².